The molecule has 17 heavy (non-hydrogen) atoms. The molecule has 1 N–H and O–H groups in total. The van der Waals surface area contributed by atoms with Gasteiger partial charge < -0.3 is 0 Å². The van der Waals surface area contributed by atoms with Crippen LogP contribution in [0.25, 0.3) is 0 Å². The molecule has 0 aliphatic rings. The maximum atomic E-state index is 11.5. The van der Waals surface area contributed by atoms with Gasteiger partial charge in [-0.3, -0.25) is 5.32 Å². The minimum Gasteiger partial charge on any atom is -0.278 e. The lowest BCUT2D eigenvalue weighted by Crippen LogP contribution is -2.43. The molecule has 0 fully saturated rings. The Morgan fingerprint density at radius 2 is 1.06 bits per heavy atom. The van der Waals surface area contributed by atoms with Gasteiger partial charge in [0.1, 0.15) is 10.7 Å². The maximum Gasteiger partial charge on any atom is 0.190 e. The molecule has 2 unspecified atom stereocenters. The fourth-order valence-corrected chi connectivity index (χ4v) is 2.67. The summed E-state index contributed by atoms with van der Waals surface area (Å²) in [6.45, 7) is 12.9. The zero-order valence-electron chi connectivity index (χ0n) is 9.24. The zero-order chi connectivity index (χ0) is 13.7. The van der Waals surface area contributed by atoms with E-state index in [0.717, 1.165) is 23.0 Å². The SMILES string of the molecule is C=CC(NC(C=C)S(=O)(=O)C=C)S(=O)(=O)C=C. The van der Waals surface area contributed by atoms with Gasteiger partial charge in [0.2, 0.25) is 0 Å². The van der Waals surface area contributed by atoms with Crippen LogP contribution in [-0.2, 0) is 19.7 Å². The van der Waals surface area contributed by atoms with Crippen LogP contribution in [0.5, 0.6) is 0 Å². The first-order valence-electron chi connectivity index (χ1n) is 4.49. The molecule has 7 heteroatoms. The summed E-state index contributed by atoms with van der Waals surface area (Å²) in [6, 6.07) is 0. The minimum absolute atomic E-state index is 0.729. The summed E-state index contributed by atoms with van der Waals surface area (Å²) in [7, 11) is -7.39. The van der Waals surface area contributed by atoms with Gasteiger partial charge in [0.15, 0.2) is 19.7 Å². The van der Waals surface area contributed by atoms with Crippen LogP contribution in [0.3, 0.4) is 0 Å². The summed E-state index contributed by atoms with van der Waals surface area (Å²) >= 11 is 0. The summed E-state index contributed by atoms with van der Waals surface area (Å²) in [4.78, 5) is 0. The molecule has 0 aromatic heterocycles. The fourth-order valence-electron chi connectivity index (χ4n) is 0.963. The Kier molecular flexibility index (Phi) is 5.53. The van der Waals surface area contributed by atoms with Gasteiger partial charge >= 0.3 is 0 Å². The van der Waals surface area contributed by atoms with Crippen LogP contribution in [0.2, 0.25) is 0 Å². The Morgan fingerprint density at radius 1 is 0.765 bits per heavy atom. The second-order valence-electron chi connectivity index (χ2n) is 2.99. The normalized spacial score (nSPS) is 15.5. The standard InChI is InChI=1S/C10H15NO4S2/c1-5-9(16(12,13)7-3)11-10(6-2)17(14,15)8-4/h5-11H,1-4H2. The number of hydrogen-bond donors (Lipinski definition) is 1. The number of sulfone groups is 2. The third-order valence-corrected chi connectivity index (χ3v) is 4.93. The highest BCUT2D eigenvalue weighted by molar-refractivity contribution is 7.95. The zero-order valence-corrected chi connectivity index (χ0v) is 10.9. The Labute approximate surface area is 102 Å². The molecule has 0 spiro atoms. The number of hydrogen-bond acceptors (Lipinski definition) is 5. The molecule has 2 atom stereocenters. The van der Waals surface area contributed by atoms with Crippen molar-refractivity contribution in [2.45, 2.75) is 10.7 Å². The van der Waals surface area contributed by atoms with Crippen molar-refractivity contribution in [1.82, 2.24) is 5.32 Å². The van der Waals surface area contributed by atoms with Gasteiger partial charge in [-0.15, -0.1) is 13.2 Å². The van der Waals surface area contributed by atoms with Crippen molar-refractivity contribution in [3.63, 3.8) is 0 Å². The van der Waals surface area contributed by atoms with Gasteiger partial charge in [-0.25, -0.2) is 16.8 Å². The summed E-state index contributed by atoms with van der Waals surface area (Å²) in [5.74, 6) is 0. The second-order valence-corrected chi connectivity index (χ2v) is 7.03. The lowest BCUT2D eigenvalue weighted by molar-refractivity contribution is 0.566. The molecule has 0 bridgehead atoms. The first kappa shape index (κ1) is 15.8. The first-order chi connectivity index (χ1) is 7.75. The van der Waals surface area contributed by atoms with Crippen molar-refractivity contribution >= 4 is 19.7 Å². The molecular formula is C10H15NO4S2. The highest BCUT2D eigenvalue weighted by Gasteiger charge is 2.26. The summed E-state index contributed by atoms with van der Waals surface area (Å²) in [6.07, 6.45) is 2.15. The van der Waals surface area contributed by atoms with Gasteiger partial charge in [-0.05, 0) is 0 Å². The van der Waals surface area contributed by atoms with Crippen LogP contribution in [0, 0.1) is 0 Å². The van der Waals surface area contributed by atoms with E-state index in [1.165, 1.54) is 0 Å². The van der Waals surface area contributed by atoms with Gasteiger partial charge in [0, 0.05) is 10.8 Å². The predicted octanol–water partition coefficient (Wildman–Crippen LogP) is 0.717. The van der Waals surface area contributed by atoms with Gasteiger partial charge in [-0.2, -0.15) is 0 Å². The van der Waals surface area contributed by atoms with Crippen LogP contribution in [-0.4, -0.2) is 27.6 Å². The summed E-state index contributed by atoms with van der Waals surface area (Å²) in [5.41, 5.74) is 0. The Morgan fingerprint density at radius 3 is 1.24 bits per heavy atom. The molecule has 0 amide bonds. The van der Waals surface area contributed by atoms with Crippen LogP contribution in [0.1, 0.15) is 0 Å². The Balaban J connectivity index is 5.29. The molecule has 0 aliphatic heterocycles. The van der Waals surface area contributed by atoms with Crippen molar-refractivity contribution in [3.05, 3.63) is 49.3 Å². The minimum atomic E-state index is -3.70. The molecule has 0 aromatic carbocycles. The largest absolute Gasteiger partial charge is 0.278 e. The highest BCUT2D eigenvalue weighted by atomic mass is 32.2. The van der Waals surface area contributed by atoms with Crippen LogP contribution in [0.15, 0.2) is 49.3 Å². The lowest BCUT2D eigenvalue weighted by atomic mass is 10.5. The lowest BCUT2D eigenvalue weighted by Gasteiger charge is -2.18. The van der Waals surface area contributed by atoms with Gasteiger partial charge in [-0.1, -0.05) is 25.3 Å². The smallest absolute Gasteiger partial charge is 0.190 e. The van der Waals surface area contributed by atoms with Gasteiger partial charge in [0.05, 0.1) is 0 Å². The summed E-state index contributed by atoms with van der Waals surface area (Å²) in [5, 5.41) is 1.34. The monoisotopic (exact) mass is 277 g/mol. The molecule has 0 heterocycles. The molecule has 0 saturated carbocycles. The highest BCUT2D eigenvalue weighted by Crippen LogP contribution is 2.08. The van der Waals surface area contributed by atoms with E-state index in [2.05, 4.69) is 31.6 Å². The van der Waals surface area contributed by atoms with E-state index < -0.39 is 30.4 Å². The average Bonchev–Trinajstić information content (AvgIpc) is 2.29. The molecule has 96 valence electrons. The molecule has 5 nitrogen and oxygen atoms in total. The molecular weight excluding hydrogens is 262 g/mol. The molecule has 0 aromatic rings. The molecule has 0 radical (unpaired) electrons. The van der Waals surface area contributed by atoms with E-state index in [0.29, 0.717) is 0 Å². The van der Waals surface area contributed by atoms with E-state index in [1.54, 1.807) is 0 Å². The van der Waals surface area contributed by atoms with Gasteiger partial charge in [0.25, 0.3) is 0 Å². The second kappa shape index (κ2) is 5.95. The molecule has 0 saturated heterocycles. The quantitative estimate of drug-likeness (QED) is 0.661. The molecule has 0 rings (SSSR count). The van der Waals surface area contributed by atoms with Crippen molar-refractivity contribution in [2.75, 3.05) is 0 Å². The van der Waals surface area contributed by atoms with Crippen molar-refractivity contribution in [3.8, 4) is 0 Å². The topological polar surface area (TPSA) is 80.3 Å². The van der Waals surface area contributed by atoms with E-state index in [4.69, 9.17) is 0 Å². The molecule has 0 aliphatic carbocycles. The van der Waals surface area contributed by atoms with Crippen molar-refractivity contribution in [2.24, 2.45) is 0 Å². The average molecular weight is 277 g/mol. The Bertz CT molecular complexity index is 469. The fraction of sp³-hybridized carbons (Fsp3) is 0.200. The van der Waals surface area contributed by atoms with Crippen LogP contribution >= 0.6 is 0 Å². The third kappa shape index (κ3) is 3.95. The van der Waals surface area contributed by atoms with E-state index in [-0.39, 0.29) is 0 Å². The van der Waals surface area contributed by atoms with Crippen molar-refractivity contribution in [1.29, 1.82) is 0 Å². The van der Waals surface area contributed by atoms with Crippen LogP contribution in [0.4, 0.5) is 0 Å². The number of nitrogens with one attached hydrogen (secondary N) is 1. The summed E-state index contributed by atoms with van der Waals surface area (Å²) < 4.78 is 46.0. The Hall–Kier alpha value is -1.18. The van der Waals surface area contributed by atoms with Crippen molar-refractivity contribution < 1.29 is 16.8 Å². The maximum absolute atomic E-state index is 11.5. The van der Waals surface area contributed by atoms with E-state index in [1.807, 2.05) is 0 Å². The van der Waals surface area contributed by atoms with E-state index in [9.17, 15) is 16.8 Å². The number of rotatable bonds is 8. The predicted molar refractivity (Wildman–Crippen MR) is 69.3 cm³/mol. The van der Waals surface area contributed by atoms with E-state index >= 15 is 0 Å². The van der Waals surface area contributed by atoms with Crippen LogP contribution < -0.4 is 5.32 Å². The first-order valence-corrected chi connectivity index (χ1v) is 7.71. The third-order valence-electron chi connectivity index (χ3n) is 1.93.